The molecule has 19 heavy (non-hydrogen) atoms. The summed E-state index contributed by atoms with van der Waals surface area (Å²) in [6.45, 7) is 7.91. The van der Waals surface area contributed by atoms with E-state index in [9.17, 15) is 0 Å². The highest BCUT2D eigenvalue weighted by Gasteiger charge is 2.21. The molecule has 1 saturated heterocycles. The van der Waals surface area contributed by atoms with E-state index in [4.69, 9.17) is 4.52 Å². The van der Waals surface area contributed by atoms with Crippen LogP contribution in [0.5, 0.6) is 0 Å². The lowest BCUT2D eigenvalue weighted by Gasteiger charge is -2.31. The van der Waals surface area contributed by atoms with E-state index in [2.05, 4.69) is 34.2 Å². The van der Waals surface area contributed by atoms with Crippen molar-refractivity contribution >= 4 is 0 Å². The fourth-order valence-corrected chi connectivity index (χ4v) is 2.68. The Morgan fingerprint density at radius 3 is 3.11 bits per heavy atom. The molecule has 1 aliphatic heterocycles. The Morgan fingerprint density at radius 1 is 1.53 bits per heavy atom. The van der Waals surface area contributed by atoms with Crippen LogP contribution in [0.4, 0.5) is 0 Å². The molecule has 0 spiro atoms. The molecule has 0 saturated carbocycles. The topological polar surface area (TPSA) is 54.2 Å². The quantitative estimate of drug-likeness (QED) is 0.845. The molecule has 2 atom stereocenters. The molecular weight excluding hydrogens is 240 g/mol. The molecule has 2 rings (SSSR count). The summed E-state index contributed by atoms with van der Waals surface area (Å²) in [5.41, 5.74) is 0. The van der Waals surface area contributed by atoms with Gasteiger partial charge < -0.3 is 14.7 Å². The number of nitrogens with zero attached hydrogens (tertiary/aromatic N) is 3. The van der Waals surface area contributed by atoms with E-state index < -0.39 is 0 Å². The molecule has 5 nitrogen and oxygen atoms in total. The van der Waals surface area contributed by atoms with Crippen LogP contribution >= 0.6 is 0 Å². The lowest BCUT2D eigenvalue weighted by atomic mass is 9.94. The molecule has 1 aromatic heterocycles. The van der Waals surface area contributed by atoms with Crippen LogP contribution in [0.2, 0.25) is 0 Å². The minimum atomic E-state index is 0.374. The molecule has 5 heteroatoms. The minimum absolute atomic E-state index is 0.374. The van der Waals surface area contributed by atoms with Crippen molar-refractivity contribution in [2.24, 2.45) is 5.92 Å². The Hall–Kier alpha value is -0.940. The predicted molar refractivity (Wildman–Crippen MR) is 75.1 cm³/mol. The molecule has 108 valence electrons. The van der Waals surface area contributed by atoms with E-state index in [1.165, 1.54) is 25.9 Å². The largest absolute Gasteiger partial charge is 0.339 e. The first kappa shape index (κ1) is 14.5. The van der Waals surface area contributed by atoms with Crippen LogP contribution in [0.1, 0.15) is 38.4 Å². The zero-order chi connectivity index (χ0) is 13.7. The van der Waals surface area contributed by atoms with Crippen molar-refractivity contribution in [2.45, 2.75) is 45.6 Å². The van der Waals surface area contributed by atoms with Crippen molar-refractivity contribution in [1.29, 1.82) is 0 Å². The molecule has 1 aliphatic rings. The minimum Gasteiger partial charge on any atom is -0.339 e. The van der Waals surface area contributed by atoms with E-state index in [0.29, 0.717) is 12.0 Å². The molecule has 2 unspecified atom stereocenters. The maximum Gasteiger partial charge on any atom is 0.228 e. The van der Waals surface area contributed by atoms with E-state index in [-0.39, 0.29) is 0 Å². The normalized spacial score (nSPS) is 22.6. The van der Waals surface area contributed by atoms with Crippen molar-refractivity contribution in [1.82, 2.24) is 20.4 Å². The molecule has 0 bridgehead atoms. The number of likely N-dealkylation sites (tertiary alicyclic amines) is 1. The Balaban J connectivity index is 1.85. The number of piperidine rings is 1. The van der Waals surface area contributed by atoms with Gasteiger partial charge in [0.1, 0.15) is 0 Å². The van der Waals surface area contributed by atoms with E-state index in [1.807, 2.05) is 7.05 Å². The van der Waals surface area contributed by atoms with Crippen LogP contribution < -0.4 is 5.32 Å². The van der Waals surface area contributed by atoms with E-state index in [1.54, 1.807) is 0 Å². The Morgan fingerprint density at radius 2 is 2.37 bits per heavy atom. The number of hydrogen-bond acceptors (Lipinski definition) is 5. The van der Waals surface area contributed by atoms with Gasteiger partial charge in [0.25, 0.3) is 0 Å². The summed E-state index contributed by atoms with van der Waals surface area (Å²) in [5, 5.41) is 7.30. The van der Waals surface area contributed by atoms with Gasteiger partial charge in [-0.05, 0) is 45.8 Å². The van der Waals surface area contributed by atoms with Crippen LogP contribution in [0, 0.1) is 5.92 Å². The lowest BCUT2D eigenvalue weighted by Crippen LogP contribution is -2.36. The van der Waals surface area contributed by atoms with Crippen molar-refractivity contribution in [3.8, 4) is 0 Å². The summed E-state index contributed by atoms with van der Waals surface area (Å²) in [4.78, 5) is 7.02. The van der Waals surface area contributed by atoms with E-state index >= 15 is 0 Å². The Labute approximate surface area is 115 Å². The smallest absolute Gasteiger partial charge is 0.228 e. The third-order valence-electron chi connectivity index (χ3n) is 4.01. The summed E-state index contributed by atoms with van der Waals surface area (Å²) >= 11 is 0. The van der Waals surface area contributed by atoms with Crippen molar-refractivity contribution in [3.05, 3.63) is 11.7 Å². The zero-order valence-corrected chi connectivity index (χ0v) is 12.4. The average molecular weight is 266 g/mol. The maximum atomic E-state index is 5.32. The molecule has 2 heterocycles. The highest BCUT2D eigenvalue weighted by molar-refractivity contribution is 4.91. The number of likely N-dealkylation sites (N-methyl/N-ethyl adjacent to an activating group) is 1. The van der Waals surface area contributed by atoms with Crippen LogP contribution in [-0.4, -0.2) is 47.8 Å². The van der Waals surface area contributed by atoms with Gasteiger partial charge in [-0.2, -0.15) is 4.98 Å². The Kier molecular flexibility index (Phi) is 5.34. The summed E-state index contributed by atoms with van der Waals surface area (Å²) in [6, 6.07) is 0.374. The highest BCUT2D eigenvalue weighted by Crippen LogP contribution is 2.19. The van der Waals surface area contributed by atoms with Gasteiger partial charge in [0, 0.05) is 25.4 Å². The summed E-state index contributed by atoms with van der Waals surface area (Å²) in [5.74, 6) is 2.31. The number of rotatable bonds is 6. The molecule has 1 aromatic rings. The van der Waals surface area contributed by atoms with Gasteiger partial charge in [-0.3, -0.25) is 0 Å². The molecule has 0 amide bonds. The maximum absolute atomic E-state index is 5.32. The third-order valence-corrected chi connectivity index (χ3v) is 4.01. The summed E-state index contributed by atoms with van der Waals surface area (Å²) in [7, 11) is 1.95. The monoisotopic (exact) mass is 266 g/mol. The zero-order valence-electron chi connectivity index (χ0n) is 12.4. The average Bonchev–Trinajstić information content (AvgIpc) is 2.86. The fourth-order valence-electron chi connectivity index (χ4n) is 2.68. The molecule has 0 aromatic carbocycles. The first-order valence-corrected chi connectivity index (χ1v) is 7.42. The Bertz CT molecular complexity index is 379. The fraction of sp³-hybridized carbons (Fsp3) is 0.857. The van der Waals surface area contributed by atoms with E-state index in [0.717, 1.165) is 31.1 Å². The molecule has 1 fully saturated rings. The van der Waals surface area contributed by atoms with Gasteiger partial charge >= 0.3 is 0 Å². The second-order valence-electron chi connectivity index (χ2n) is 5.60. The second kappa shape index (κ2) is 7.01. The second-order valence-corrected chi connectivity index (χ2v) is 5.60. The lowest BCUT2D eigenvalue weighted by molar-refractivity contribution is 0.180. The van der Waals surface area contributed by atoms with Crippen LogP contribution in [0.3, 0.4) is 0 Å². The van der Waals surface area contributed by atoms with Crippen molar-refractivity contribution < 1.29 is 4.52 Å². The summed E-state index contributed by atoms with van der Waals surface area (Å²) in [6.07, 6.45) is 4.33. The van der Waals surface area contributed by atoms with Gasteiger partial charge in [-0.1, -0.05) is 12.1 Å². The van der Waals surface area contributed by atoms with Gasteiger partial charge in [-0.25, -0.2) is 0 Å². The molecule has 0 radical (unpaired) electrons. The number of hydrogen-bond donors (Lipinski definition) is 1. The standard InChI is InChI=1S/C14H26N4O/c1-4-18-7-5-6-12(10-18)9-13-16-14(19-17-13)8-11(2)15-3/h11-12,15H,4-10H2,1-3H3. The molecular formula is C14H26N4O. The number of nitrogens with one attached hydrogen (secondary N) is 1. The number of aromatic nitrogens is 2. The van der Waals surface area contributed by atoms with Crippen LogP contribution in [0.25, 0.3) is 0 Å². The van der Waals surface area contributed by atoms with Gasteiger partial charge in [0.05, 0.1) is 0 Å². The first-order valence-electron chi connectivity index (χ1n) is 7.42. The summed E-state index contributed by atoms with van der Waals surface area (Å²) < 4.78 is 5.32. The molecule has 1 N–H and O–H groups in total. The van der Waals surface area contributed by atoms with Crippen molar-refractivity contribution in [3.63, 3.8) is 0 Å². The highest BCUT2D eigenvalue weighted by atomic mass is 16.5. The van der Waals surface area contributed by atoms with Gasteiger partial charge in [0.2, 0.25) is 5.89 Å². The van der Waals surface area contributed by atoms with Gasteiger partial charge in [-0.15, -0.1) is 0 Å². The van der Waals surface area contributed by atoms with Crippen molar-refractivity contribution in [2.75, 3.05) is 26.7 Å². The van der Waals surface area contributed by atoms with Gasteiger partial charge in [0.15, 0.2) is 5.82 Å². The predicted octanol–water partition coefficient (Wildman–Crippen LogP) is 1.49. The third kappa shape index (κ3) is 4.28. The van der Waals surface area contributed by atoms with Crippen LogP contribution in [0.15, 0.2) is 4.52 Å². The first-order chi connectivity index (χ1) is 9.21. The van der Waals surface area contributed by atoms with Crippen LogP contribution in [-0.2, 0) is 12.8 Å². The SMILES string of the molecule is CCN1CCCC(Cc2noc(CC(C)NC)n2)C1. The molecule has 0 aliphatic carbocycles.